The molecule has 0 saturated carbocycles. The molecule has 7 nitrogen and oxygen atoms in total. The minimum absolute atomic E-state index is 0.222. The van der Waals surface area contributed by atoms with Gasteiger partial charge in [-0.3, -0.25) is 4.79 Å². The van der Waals surface area contributed by atoms with E-state index in [0.29, 0.717) is 22.8 Å². The van der Waals surface area contributed by atoms with E-state index in [4.69, 9.17) is 14.2 Å². The minimum Gasteiger partial charge on any atom is -0.493 e. The Balaban J connectivity index is 1.60. The number of aromatic nitrogens is 1. The van der Waals surface area contributed by atoms with Crippen LogP contribution in [0.3, 0.4) is 0 Å². The van der Waals surface area contributed by atoms with Crippen molar-refractivity contribution in [1.29, 1.82) is 0 Å². The van der Waals surface area contributed by atoms with E-state index in [-0.39, 0.29) is 11.7 Å². The van der Waals surface area contributed by atoms with E-state index >= 15 is 0 Å². The lowest BCUT2D eigenvalue weighted by Gasteiger charge is -2.13. The van der Waals surface area contributed by atoms with Gasteiger partial charge < -0.3 is 14.2 Å². The van der Waals surface area contributed by atoms with Gasteiger partial charge in [0.15, 0.2) is 15.8 Å². The predicted octanol–water partition coefficient (Wildman–Crippen LogP) is 3.56. The average molecular weight is 418 g/mol. The Hall–Kier alpha value is -2.78. The van der Waals surface area contributed by atoms with Crippen LogP contribution in [-0.2, 0) is 4.79 Å². The van der Waals surface area contributed by atoms with Gasteiger partial charge in [-0.25, -0.2) is 10.4 Å². The Bertz CT molecular complexity index is 971. The topological polar surface area (TPSA) is 82.0 Å². The lowest BCUT2D eigenvalue weighted by Crippen LogP contribution is -2.19. The molecular weight excluding hydrogens is 398 g/mol. The van der Waals surface area contributed by atoms with Gasteiger partial charge in [0.2, 0.25) is 5.75 Å². The number of benzene rings is 2. The first kappa shape index (κ1) is 20.0. The number of thiazole rings is 1. The third-order valence-electron chi connectivity index (χ3n) is 3.73. The van der Waals surface area contributed by atoms with Crippen molar-refractivity contribution >= 4 is 45.4 Å². The molecule has 1 aromatic heterocycles. The van der Waals surface area contributed by atoms with Crippen LogP contribution in [-0.4, -0.2) is 44.2 Å². The second kappa shape index (κ2) is 9.43. The largest absolute Gasteiger partial charge is 0.493 e. The second-order valence-electron chi connectivity index (χ2n) is 5.45. The summed E-state index contributed by atoms with van der Waals surface area (Å²) in [6.45, 7) is 0. The molecule has 0 spiro atoms. The number of para-hydroxylation sites is 1. The second-order valence-corrected chi connectivity index (χ2v) is 7.71. The van der Waals surface area contributed by atoms with Gasteiger partial charge in [0, 0.05) is 5.56 Å². The van der Waals surface area contributed by atoms with Crippen LogP contribution in [0.1, 0.15) is 5.56 Å². The molecule has 2 aromatic carbocycles. The van der Waals surface area contributed by atoms with Gasteiger partial charge in [0.05, 0.1) is 43.5 Å². The Morgan fingerprint density at radius 2 is 1.93 bits per heavy atom. The summed E-state index contributed by atoms with van der Waals surface area (Å²) in [5, 5.41) is 4.00. The molecule has 0 atom stereocenters. The lowest BCUT2D eigenvalue weighted by molar-refractivity contribution is -0.118. The molecule has 1 N–H and O–H groups in total. The van der Waals surface area contributed by atoms with Crippen molar-refractivity contribution in [2.45, 2.75) is 4.34 Å². The molecule has 9 heteroatoms. The molecule has 0 unspecified atom stereocenters. The summed E-state index contributed by atoms with van der Waals surface area (Å²) in [5.74, 6) is 1.49. The van der Waals surface area contributed by atoms with Gasteiger partial charge in [-0.15, -0.1) is 11.3 Å². The highest BCUT2D eigenvalue weighted by Gasteiger charge is 2.14. The molecule has 0 aliphatic rings. The summed E-state index contributed by atoms with van der Waals surface area (Å²) in [7, 11) is 4.61. The lowest BCUT2D eigenvalue weighted by atomic mass is 10.2. The number of carbonyl (C=O) groups is 1. The Labute approximate surface area is 170 Å². The van der Waals surface area contributed by atoms with Crippen molar-refractivity contribution < 1.29 is 19.0 Å². The SMILES string of the molecule is COc1ccc(C=NNC(=O)CSc2nc3ccccc3s2)c(OC)c1OC. The first-order valence-corrected chi connectivity index (χ1v) is 10.1. The third-order valence-corrected chi connectivity index (χ3v) is 5.91. The van der Waals surface area contributed by atoms with Crippen LogP contribution in [0.25, 0.3) is 10.2 Å². The number of carbonyl (C=O) groups excluding carboxylic acids is 1. The highest BCUT2D eigenvalue weighted by atomic mass is 32.2. The summed E-state index contributed by atoms with van der Waals surface area (Å²) < 4.78 is 17.9. The van der Waals surface area contributed by atoms with Crippen LogP contribution in [0.2, 0.25) is 0 Å². The molecule has 0 radical (unpaired) electrons. The van der Waals surface area contributed by atoms with Crippen molar-refractivity contribution in [3.63, 3.8) is 0 Å². The number of ether oxygens (including phenoxy) is 3. The number of amides is 1. The quantitative estimate of drug-likeness (QED) is 0.343. The highest BCUT2D eigenvalue weighted by molar-refractivity contribution is 8.01. The molecular formula is C19H19N3O4S2. The van der Waals surface area contributed by atoms with Crippen molar-refractivity contribution in [3.8, 4) is 17.2 Å². The van der Waals surface area contributed by atoms with Crippen molar-refractivity contribution in [3.05, 3.63) is 42.0 Å². The van der Waals surface area contributed by atoms with E-state index in [0.717, 1.165) is 14.6 Å². The zero-order chi connectivity index (χ0) is 19.9. The van der Waals surface area contributed by atoms with Crippen molar-refractivity contribution in [2.75, 3.05) is 27.1 Å². The molecule has 0 aliphatic heterocycles. The Morgan fingerprint density at radius 1 is 1.14 bits per heavy atom. The summed E-state index contributed by atoms with van der Waals surface area (Å²) in [5.41, 5.74) is 4.10. The maximum absolute atomic E-state index is 12.1. The van der Waals surface area contributed by atoms with Crippen molar-refractivity contribution in [1.82, 2.24) is 10.4 Å². The smallest absolute Gasteiger partial charge is 0.250 e. The molecule has 0 aliphatic carbocycles. The standard InChI is InChI=1S/C19H19N3O4S2/c1-24-14-9-8-12(17(25-2)18(14)26-3)10-20-22-16(23)11-27-19-21-13-6-4-5-7-15(13)28-19/h4-10H,11H2,1-3H3,(H,22,23). The van der Waals surface area contributed by atoms with Gasteiger partial charge >= 0.3 is 0 Å². The predicted molar refractivity (Wildman–Crippen MR) is 112 cm³/mol. The molecule has 146 valence electrons. The molecule has 1 amide bonds. The first-order chi connectivity index (χ1) is 13.7. The average Bonchev–Trinajstić information content (AvgIpc) is 3.14. The third kappa shape index (κ3) is 4.55. The van der Waals surface area contributed by atoms with Crippen LogP contribution < -0.4 is 19.6 Å². The molecule has 0 bridgehead atoms. The fourth-order valence-electron chi connectivity index (χ4n) is 2.47. The zero-order valence-electron chi connectivity index (χ0n) is 15.6. The van der Waals surface area contributed by atoms with Gasteiger partial charge in [-0.2, -0.15) is 5.10 Å². The molecule has 0 saturated heterocycles. The fraction of sp³-hybridized carbons (Fsp3) is 0.211. The summed E-state index contributed by atoms with van der Waals surface area (Å²) in [6, 6.07) is 11.4. The first-order valence-electron chi connectivity index (χ1n) is 8.25. The zero-order valence-corrected chi connectivity index (χ0v) is 17.2. The monoisotopic (exact) mass is 417 g/mol. The van der Waals surface area contributed by atoms with Crippen LogP contribution in [0.15, 0.2) is 45.8 Å². The van der Waals surface area contributed by atoms with Gasteiger partial charge in [-0.1, -0.05) is 23.9 Å². The number of hydrogen-bond donors (Lipinski definition) is 1. The van der Waals surface area contributed by atoms with E-state index in [1.54, 1.807) is 30.6 Å². The van der Waals surface area contributed by atoms with Crippen LogP contribution in [0, 0.1) is 0 Å². The maximum atomic E-state index is 12.1. The van der Waals surface area contributed by atoms with E-state index in [1.807, 2.05) is 24.3 Å². The van der Waals surface area contributed by atoms with Gasteiger partial charge in [-0.05, 0) is 24.3 Å². The summed E-state index contributed by atoms with van der Waals surface area (Å²) >= 11 is 2.94. The number of hydrazone groups is 1. The number of rotatable bonds is 8. The molecule has 3 aromatic rings. The number of thioether (sulfide) groups is 1. The number of nitrogens with zero attached hydrogens (tertiary/aromatic N) is 2. The van der Waals surface area contributed by atoms with Crippen LogP contribution >= 0.6 is 23.1 Å². The molecule has 3 rings (SSSR count). The Kier molecular flexibility index (Phi) is 6.72. The number of methoxy groups -OCH3 is 3. The molecule has 28 heavy (non-hydrogen) atoms. The number of hydrogen-bond acceptors (Lipinski definition) is 8. The van der Waals surface area contributed by atoms with E-state index in [9.17, 15) is 4.79 Å². The minimum atomic E-state index is -0.222. The van der Waals surface area contributed by atoms with E-state index in [2.05, 4.69) is 15.5 Å². The van der Waals surface area contributed by atoms with Gasteiger partial charge in [0.25, 0.3) is 5.91 Å². The van der Waals surface area contributed by atoms with Crippen molar-refractivity contribution in [2.24, 2.45) is 5.10 Å². The maximum Gasteiger partial charge on any atom is 0.250 e. The van der Waals surface area contributed by atoms with Crippen LogP contribution in [0.4, 0.5) is 0 Å². The number of nitrogens with one attached hydrogen (secondary N) is 1. The molecule has 1 heterocycles. The summed E-state index contributed by atoms with van der Waals surface area (Å²) in [6.07, 6.45) is 1.50. The normalized spacial score (nSPS) is 11.0. The number of fused-ring (bicyclic) bond motifs is 1. The van der Waals surface area contributed by atoms with Crippen LogP contribution in [0.5, 0.6) is 17.2 Å². The molecule has 0 fully saturated rings. The van der Waals surface area contributed by atoms with E-state index in [1.165, 1.54) is 32.2 Å². The summed E-state index contributed by atoms with van der Waals surface area (Å²) in [4.78, 5) is 16.5. The van der Waals surface area contributed by atoms with Gasteiger partial charge in [0.1, 0.15) is 0 Å². The Morgan fingerprint density at radius 3 is 2.64 bits per heavy atom. The highest BCUT2D eigenvalue weighted by Crippen LogP contribution is 2.39. The fourth-order valence-corrected chi connectivity index (χ4v) is 4.33. The van der Waals surface area contributed by atoms with E-state index < -0.39 is 0 Å².